The summed E-state index contributed by atoms with van der Waals surface area (Å²) in [4.78, 5) is 22.4. The number of benzene rings is 2. The monoisotopic (exact) mass is 371 g/mol. The molecule has 0 aliphatic carbocycles. The molecule has 6 nitrogen and oxygen atoms in total. The van der Waals surface area contributed by atoms with E-state index in [1.165, 1.54) is 11.3 Å². The summed E-state index contributed by atoms with van der Waals surface area (Å²) >= 11 is 1.46. The van der Waals surface area contributed by atoms with Crippen molar-refractivity contribution in [2.24, 2.45) is 0 Å². The molecule has 0 atom stereocenters. The molecule has 5 rings (SSSR count). The number of thiophene rings is 1. The molecule has 0 aliphatic heterocycles. The summed E-state index contributed by atoms with van der Waals surface area (Å²) in [6.07, 6.45) is 0. The van der Waals surface area contributed by atoms with Crippen LogP contribution in [0, 0.1) is 0 Å². The SMILES string of the molecule is O=c1nc2c3ccccc3nc(Nc3ccccc3)n2nc1-c1cccs1. The highest BCUT2D eigenvalue weighted by Crippen LogP contribution is 2.24. The zero-order chi connectivity index (χ0) is 18.2. The molecular formula is C20H13N5OS. The zero-order valence-electron chi connectivity index (χ0n) is 14.0. The van der Waals surface area contributed by atoms with Crippen molar-refractivity contribution in [1.29, 1.82) is 0 Å². The van der Waals surface area contributed by atoms with Crippen molar-refractivity contribution in [3.63, 3.8) is 0 Å². The van der Waals surface area contributed by atoms with Crippen molar-refractivity contribution < 1.29 is 0 Å². The van der Waals surface area contributed by atoms with E-state index in [0.717, 1.165) is 21.5 Å². The van der Waals surface area contributed by atoms with Crippen molar-refractivity contribution in [2.45, 2.75) is 0 Å². The number of hydrogen-bond acceptors (Lipinski definition) is 6. The van der Waals surface area contributed by atoms with E-state index in [-0.39, 0.29) is 5.56 Å². The predicted molar refractivity (Wildman–Crippen MR) is 108 cm³/mol. The third kappa shape index (κ3) is 2.74. The van der Waals surface area contributed by atoms with E-state index < -0.39 is 0 Å². The summed E-state index contributed by atoms with van der Waals surface area (Å²) in [5.41, 5.74) is 2.06. The van der Waals surface area contributed by atoms with E-state index >= 15 is 0 Å². The highest BCUT2D eigenvalue weighted by atomic mass is 32.1. The van der Waals surface area contributed by atoms with Gasteiger partial charge < -0.3 is 5.32 Å². The number of rotatable bonds is 3. The second kappa shape index (κ2) is 6.30. The Labute approximate surface area is 157 Å². The van der Waals surface area contributed by atoms with Crippen LogP contribution in [0.1, 0.15) is 0 Å². The maximum atomic E-state index is 12.6. The third-order valence-electron chi connectivity index (χ3n) is 4.17. The number of nitrogens with zero attached hydrogens (tertiary/aromatic N) is 4. The topological polar surface area (TPSA) is 72.2 Å². The number of fused-ring (bicyclic) bond motifs is 3. The largest absolute Gasteiger partial charge is 0.324 e. The summed E-state index contributed by atoms with van der Waals surface area (Å²) < 4.78 is 1.60. The van der Waals surface area contributed by atoms with Crippen LogP contribution in [0.3, 0.4) is 0 Å². The van der Waals surface area contributed by atoms with Crippen LogP contribution in [0.2, 0.25) is 0 Å². The van der Waals surface area contributed by atoms with Crippen molar-refractivity contribution >= 4 is 39.5 Å². The first-order chi connectivity index (χ1) is 13.3. The summed E-state index contributed by atoms with van der Waals surface area (Å²) in [5, 5.41) is 10.6. The van der Waals surface area contributed by atoms with Crippen LogP contribution in [0.15, 0.2) is 76.9 Å². The Balaban J connectivity index is 1.83. The number of aromatic nitrogens is 4. The van der Waals surface area contributed by atoms with Gasteiger partial charge in [-0.2, -0.15) is 14.6 Å². The van der Waals surface area contributed by atoms with Crippen LogP contribution in [0.25, 0.3) is 27.1 Å². The van der Waals surface area contributed by atoms with Gasteiger partial charge in [0, 0.05) is 11.1 Å². The molecule has 0 saturated heterocycles. The van der Waals surface area contributed by atoms with Crippen LogP contribution in [-0.4, -0.2) is 19.6 Å². The first-order valence-corrected chi connectivity index (χ1v) is 9.23. The van der Waals surface area contributed by atoms with Crippen molar-refractivity contribution in [2.75, 3.05) is 5.32 Å². The van der Waals surface area contributed by atoms with Crippen LogP contribution < -0.4 is 10.9 Å². The average molecular weight is 371 g/mol. The lowest BCUT2D eigenvalue weighted by Crippen LogP contribution is -2.18. The first kappa shape index (κ1) is 15.7. The smallest absolute Gasteiger partial charge is 0.300 e. The van der Waals surface area contributed by atoms with Crippen LogP contribution >= 0.6 is 11.3 Å². The van der Waals surface area contributed by atoms with Crippen LogP contribution in [0.4, 0.5) is 11.6 Å². The number of hydrogen-bond donors (Lipinski definition) is 1. The van der Waals surface area contributed by atoms with Gasteiger partial charge in [0.1, 0.15) is 0 Å². The fraction of sp³-hybridized carbons (Fsp3) is 0. The van der Waals surface area contributed by atoms with Gasteiger partial charge in [-0.05, 0) is 35.7 Å². The summed E-state index contributed by atoms with van der Waals surface area (Å²) in [7, 11) is 0. The minimum absolute atomic E-state index is 0.315. The molecule has 0 spiro atoms. The molecule has 0 fully saturated rings. The van der Waals surface area contributed by atoms with Gasteiger partial charge >= 0.3 is 5.56 Å². The van der Waals surface area contributed by atoms with E-state index in [9.17, 15) is 4.79 Å². The molecule has 0 radical (unpaired) electrons. The molecule has 3 aromatic heterocycles. The van der Waals surface area contributed by atoms with Gasteiger partial charge in [0.25, 0.3) is 0 Å². The van der Waals surface area contributed by atoms with Gasteiger partial charge in [0.15, 0.2) is 11.3 Å². The molecule has 0 amide bonds. The van der Waals surface area contributed by atoms with Gasteiger partial charge in [0.2, 0.25) is 5.95 Å². The van der Waals surface area contributed by atoms with E-state index in [4.69, 9.17) is 4.98 Å². The zero-order valence-corrected chi connectivity index (χ0v) is 14.9. The predicted octanol–water partition coefficient (Wildman–Crippen LogP) is 4.11. The molecule has 3 heterocycles. The first-order valence-electron chi connectivity index (χ1n) is 8.35. The highest BCUT2D eigenvalue weighted by molar-refractivity contribution is 7.13. The molecular weight excluding hydrogens is 358 g/mol. The van der Waals surface area contributed by atoms with E-state index in [1.54, 1.807) is 4.52 Å². The molecule has 7 heteroatoms. The maximum Gasteiger partial charge on any atom is 0.300 e. The van der Waals surface area contributed by atoms with Crippen molar-refractivity contribution in [3.05, 3.63) is 82.5 Å². The molecule has 2 aromatic carbocycles. The third-order valence-corrected chi connectivity index (χ3v) is 5.04. The van der Waals surface area contributed by atoms with Crippen LogP contribution in [0.5, 0.6) is 0 Å². The molecule has 0 unspecified atom stereocenters. The maximum absolute atomic E-state index is 12.6. The van der Waals surface area contributed by atoms with Gasteiger partial charge in [0.05, 0.1) is 10.4 Å². The van der Waals surface area contributed by atoms with E-state index in [2.05, 4.69) is 15.4 Å². The molecule has 0 bridgehead atoms. The molecule has 130 valence electrons. The van der Waals surface area contributed by atoms with E-state index in [0.29, 0.717) is 17.3 Å². The summed E-state index contributed by atoms with van der Waals surface area (Å²) in [6.45, 7) is 0. The Morgan fingerprint density at radius 1 is 0.889 bits per heavy atom. The van der Waals surface area contributed by atoms with Gasteiger partial charge in [-0.3, -0.25) is 4.79 Å². The number of nitrogens with one attached hydrogen (secondary N) is 1. The fourth-order valence-corrected chi connectivity index (χ4v) is 3.63. The summed E-state index contributed by atoms with van der Waals surface area (Å²) in [5.74, 6) is 0.500. The Morgan fingerprint density at radius 2 is 1.70 bits per heavy atom. The van der Waals surface area contributed by atoms with Gasteiger partial charge in [-0.15, -0.1) is 11.3 Å². The molecule has 0 aliphatic rings. The second-order valence-electron chi connectivity index (χ2n) is 5.92. The minimum Gasteiger partial charge on any atom is -0.324 e. The lowest BCUT2D eigenvalue weighted by molar-refractivity contribution is 0.882. The number of para-hydroxylation sites is 2. The standard InChI is InChI=1S/C20H13N5OS/c26-19-17(16-11-6-12-27-16)24-25-18(23-19)14-9-4-5-10-15(14)22-20(25)21-13-7-2-1-3-8-13/h1-12H,(H,21,22). The Kier molecular flexibility index (Phi) is 3.65. The van der Waals surface area contributed by atoms with Crippen molar-refractivity contribution in [3.8, 4) is 10.6 Å². The van der Waals surface area contributed by atoms with E-state index in [1.807, 2.05) is 72.1 Å². The van der Waals surface area contributed by atoms with Crippen molar-refractivity contribution in [1.82, 2.24) is 19.6 Å². The second-order valence-corrected chi connectivity index (χ2v) is 6.87. The van der Waals surface area contributed by atoms with Gasteiger partial charge in [-0.1, -0.05) is 36.4 Å². The Hall–Kier alpha value is -3.58. The Morgan fingerprint density at radius 3 is 2.52 bits per heavy atom. The Bertz CT molecular complexity index is 1310. The van der Waals surface area contributed by atoms with Gasteiger partial charge in [-0.25, -0.2) is 4.98 Å². The normalized spacial score (nSPS) is 11.1. The average Bonchev–Trinajstić information content (AvgIpc) is 3.23. The quantitative estimate of drug-likeness (QED) is 0.483. The molecule has 1 N–H and O–H groups in total. The highest BCUT2D eigenvalue weighted by Gasteiger charge is 2.15. The summed E-state index contributed by atoms with van der Waals surface area (Å²) in [6, 6.07) is 21.0. The molecule has 27 heavy (non-hydrogen) atoms. The number of anilines is 2. The van der Waals surface area contributed by atoms with Crippen LogP contribution in [-0.2, 0) is 0 Å². The lowest BCUT2D eigenvalue weighted by atomic mass is 10.2. The molecule has 5 aromatic rings. The fourth-order valence-electron chi connectivity index (χ4n) is 2.93. The minimum atomic E-state index is -0.348. The molecule has 0 saturated carbocycles. The lowest BCUT2D eigenvalue weighted by Gasteiger charge is -2.12.